The van der Waals surface area contributed by atoms with E-state index in [2.05, 4.69) is 15.1 Å². The number of carboxylic acids is 1. The Bertz CT molecular complexity index is 1120. The number of amides is 1. The molecule has 3 N–H and O–H groups in total. The average Bonchev–Trinajstić information content (AvgIpc) is 3.65. The van der Waals surface area contributed by atoms with Crippen molar-refractivity contribution in [3.05, 3.63) is 65.2 Å². The molecule has 0 bridgehead atoms. The molecule has 0 unspecified atom stereocenters. The summed E-state index contributed by atoms with van der Waals surface area (Å²) >= 11 is 0. The van der Waals surface area contributed by atoms with Gasteiger partial charge in [-0.1, -0.05) is 36.4 Å². The number of carbonyl (C=O) groups excluding carboxylic acids is 1. The van der Waals surface area contributed by atoms with E-state index in [1.54, 1.807) is 12.1 Å². The molecule has 2 aromatic rings. The number of carboxylic acid groups (broad SMARTS) is 1. The lowest BCUT2D eigenvalue weighted by Crippen LogP contribution is -2.45. The first kappa shape index (κ1) is 28.7. The molecule has 0 aliphatic carbocycles. The molecule has 0 spiro atoms. The minimum atomic E-state index is -0.997. The molecule has 2 aromatic carbocycles. The number of likely N-dealkylation sites (tertiary alicyclic amines) is 2. The number of aliphatic carboxylic acids is 1. The Morgan fingerprint density at radius 2 is 1.60 bits per heavy atom. The van der Waals surface area contributed by atoms with Gasteiger partial charge in [-0.2, -0.15) is 0 Å². The summed E-state index contributed by atoms with van der Waals surface area (Å²) in [4.78, 5) is 28.0. The van der Waals surface area contributed by atoms with Crippen LogP contribution < -0.4 is 5.32 Å². The van der Waals surface area contributed by atoms with Crippen molar-refractivity contribution in [3.63, 3.8) is 0 Å². The molecule has 40 heavy (non-hydrogen) atoms. The lowest BCUT2D eigenvalue weighted by Gasteiger charge is -2.39. The Labute approximate surface area is 236 Å². The second-order valence-electron chi connectivity index (χ2n) is 11.2. The zero-order valence-electron chi connectivity index (χ0n) is 23.0. The van der Waals surface area contributed by atoms with E-state index < -0.39 is 12.3 Å². The van der Waals surface area contributed by atoms with E-state index in [1.165, 1.54) is 38.8 Å². The molecule has 3 aliphatic rings. The molecule has 9 heteroatoms. The predicted octanol–water partition coefficient (Wildman–Crippen LogP) is 4.09. The maximum atomic E-state index is 12.0. The average molecular weight is 552 g/mol. The van der Waals surface area contributed by atoms with Crippen LogP contribution in [0.15, 0.2) is 48.5 Å². The first-order chi connectivity index (χ1) is 19.5. The van der Waals surface area contributed by atoms with Crippen LogP contribution in [0.2, 0.25) is 0 Å². The van der Waals surface area contributed by atoms with Crippen molar-refractivity contribution >= 4 is 17.6 Å². The van der Waals surface area contributed by atoms with Gasteiger partial charge in [-0.25, -0.2) is 0 Å². The minimum absolute atomic E-state index is 0.00385. The first-order valence-corrected chi connectivity index (χ1v) is 14.6. The van der Waals surface area contributed by atoms with Crippen LogP contribution in [-0.4, -0.2) is 76.8 Å². The highest BCUT2D eigenvalue weighted by atomic mass is 16.7. The number of anilines is 1. The zero-order chi connectivity index (χ0) is 27.9. The van der Waals surface area contributed by atoms with Crippen LogP contribution in [0.1, 0.15) is 74.0 Å². The highest BCUT2D eigenvalue weighted by Crippen LogP contribution is 2.39. The Kier molecular flexibility index (Phi) is 9.83. The maximum Gasteiger partial charge on any atom is 0.303 e. The van der Waals surface area contributed by atoms with Crippen LogP contribution in [0.5, 0.6) is 0 Å². The summed E-state index contributed by atoms with van der Waals surface area (Å²) in [6, 6.07) is 15.8. The minimum Gasteiger partial charge on any atom is -0.481 e. The number of aliphatic hydroxyl groups is 1. The number of nitrogens with one attached hydrogen (secondary N) is 1. The van der Waals surface area contributed by atoms with Gasteiger partial charge in [-0.15, -0.1) is 0 Å². The molecule has 0 aromatic heterocycles. The third-order valence-corrected chi connectivity index (χ3v) is 8.25. The van der Waals surface area contributed by atoms with Crippen molar-refractivity contribution in [1.82, 2.24) is 9.80 Å². The molecule has 9 nitrogen and oxygen atoms in total. The van der Waals surface area contributed by atoms with Crippen LogP contribution in [0.3, 0.4) is 0 Å². The van der Waals surface area contributed by atoms with E-state index in [9.17, 15) is 14.7 Å². The monoisotopic (exact) mass is 551 g/mol. The Morgan fingerprint density at radius 3 is 2.30 bits per heavy atom. The quantitative estimate of drug-likeness (QED) is 0.383. The second kappa shape index (κ2) is 13.7. The molecule has 1 amide bonds. The summed E-state index contributed by atoms with van der Waals surface area (Å²) in [5.74, 6) is -1.33. The molecule has 4 atom stereocenters. The van der Waals surface area contributed by atoms with Gasteiger partial charge in [0.05, 0.1) is 25.2 Å². The van der Waals surface area contributed by atoms with Gasteiger partial charge in [-0.3, -0.25) is 14.5 Å². The van der Waals surface area contributed by atoms with E-state index in [4.69, 9.17) is 14.6 Å². The molecule has 3 saturated heterocycles. The molecule has 0 radical (unpaired) electrons. The normalized spacial score (nSPS) is 25.7. The van der Waals surface area contributed by atoms with Crippen molar-refractivity contribution in [1.29, 1.82) is 0 Å². The molecule has 0 saturated carbocycles. The van der Waals surface area contributed by atoms with Crippen LogP contribution >= 0.6 is 0 Å². The molecule has 3 heterocycles. The molecule has 3 fully saturated rings. The third-order valence-electron chi connectivity index (χ3n) is 8.25. The highest BCUT2D eigenvalue weighted by Gasteiger charge is 2.36. The van der Waals surface area contributed by atoms with Gasteiger partial charge in [-0.05, 0) is 68.6 Å². The van der Waals surface area contributed by atoms with E-state index in [0.717, 1.165) is 42.7 Å². The Balaban J connectivity index is 1.28. The van der Waals surface area contributed by atoms with Crippen molar-refractivity contribution in [2.45, 2.75) is 76.1 Å². The number of hydrogen-bond donors (Lipinski definition) is 3. The summed E-state index contributed by atoms with van der Waals surface area (Å²) in [5, 5.41) is 21.0. The van der Waals surface area contributed by atoms with Crippen molar-refractivity contribution in [2.24, 2.45) is 0 Å². The lowest BCUT2D eigenvalue weighted by atomic mass is 9.99. The summed E-state index contributed by atoms with van der Waals surface area (Å²) in [6.07, 6.45) is 4.83. The topological polar surface area (TPSA) is 112 Å². The molecular formula is C31H41N3O6. The SMILES string of the molecule is O=C(O)CCC(=O)Nc1ccc([C@@H]2O[C@H](CN3CCC[C@H]3CN3CCCC3)C[C@H](c3ccc(CO)cc3)O2)cc1. The van der Waals surface area contributed by atoms with Gasteiger partial charge in [0.2, 0.25) is 5.91 Å². The van der Waals surface area contributed by atoms with Crippen LogP contribution in [0.25, 0.3) is 0 Å². The number of benzene rings is 2. The van der Waals surface area contributed by atoms with Crippen molar-refractivity contribution < 1.29 is 29.3 Å². The number of aliphatic hydroxyl groups excluding tert-OH is 1. The largest absolute Gasteiger partial charge is 0.481 e. The number of nitrogens with zero attached hydrogens (tertiary/aromatic N) is 2. The molecule has 3 aliphatic heterocycles. The van der Waals surface area contributed by atoms with E-state index in [-0.39, 0.29) is 37.6 Å². The number of ether oxygens (including phenoxy) is 2. The van der Waals surface area contributed by atoms with Gasteiger partial charge >= 0.3 is 5.97 Å². The first-order valence-electron chi connectivity index (χ1n) is 14.6. The number of rotatable bonds is 11. The fourth-order valence-corrected chi connectivity index (χ4v) is 6.07. The molecule has 216 valence electrons. The molecular weight excluding hydrogens is 510 g/mol. The van der Waals surface area contributed by atoms with Crippen molar-refractivity contribution in [2.75, 3.05) is 38.0 Å². The molecule has 5 rings (SSSR count). The van der Waals surface area contributed by atoms with E-state index in [1.807, 2.05) is 36.4 Å². The van der Waals surface area contributed by atoms with E-state index in [0.29, 0.717) is 11.7 Å². The fourth-order valence-electron chi connectivity index (χ4n) is 6.07. The summed E-state index contributed by atoms with van der Waals surface area (Å²) in [7, 11) is 0. The lowest BCUT2D eigenvalue weighted by molar-refractivity contribution is -0.253. The number of carbonyl (C=O) groups is 2. The summed E-state index contributed by atoms with van der Waals surface area (Å²) in [6.45, 7) is 5.52. The summed E-state index contributed by atoms with van der Waals surface area (Å²) < 4.78 is 13.0. The van der Waals surface area contributed by atoms with Gasteiger partial charge in [0.1, 0.15) is 0 Å². The third kappa shape index (κ3) is 7.67. The Hall–Kier alpha value is -2.82. The van der Waals surface area contributed by atoms with Gasteiger partial charge in [0.25, 0.3) is 0 Å². The van der Waals surface area contributed by atoms with Gasteiger partial charge < -0.3 is 29.9 Å². The second-order valence-corrected chi connectivity index (χ2v) is 11.2. The highest BCUT2D eigenvalue weighted by molar-refractivity contribution is 5.92. The maximum absolute atomic E-state index is 12.0. The zero-order valence-corrected chi connectivity index (χ0v) is 23.0. The van der Waals surface area contributed by atoms with Crippen LogP contribution in [0, 0.1) is 0 Å². The van der Waals surface area contributed by atoms with Crippen LogP contribution in [-0.2, 0) is 25.7 Å². The number of hydrogen-bond acceptors (Lipinski definition) is 7. The van der Waals surface area contributed by atoms with Gasteiger partial charge in [0.15, 0.2) is 6.29 Å². The predicted molar refractivity (Wildman–Crippen MR) is 151 cm³/mol. The van der Waals surface area contributed by atoms with E-state index >= 15 is 0 Å². The fraction of sp³-hybridized carbons (Fsp3) is 0.548. The van der Waals surface area contributed by atoms with Crippen molar-refractivity contribution in [3.8, 4) is 0 Å². The Morgan fingerprint density at radius 1 is 0.875 bits per heavy atom. The standard InChI is InChI=1S/C31H41N3O6/c35-21-22-5-7-23(8-6-22)28-18-27(20-34-17-3-4-26(34)19-33-15-1-2-16-33)39-31(40-28)24-9-11-25(12-10-24)32-29(36)13-14-30(37)38/h5-12,26-28,31,35H,1-4,13-21H2,(H,32,36)(H,37,38)/t26-,27-,28+,31+/m0/s1. The summed E-state index contributed by atoms with van der Waals surface area (Å²) in [5.41, 5.74) is 3.39. The van der Waals surface area contributed by atoms with Crippen LogP contribution in [0.4, 0.5) is 5.69 Å². The van der Waals surface area contributed by atoms with Gasteiger partial charge in [0, 0.05) is 43.2 Å². The smallest absolute Gasteiger partial charge is 0.303 e.